The number of hydrogen-bond donors (Lipinski definition) is 0. The van der Waals surface area contributed by atoms with Gasteiger partial charge in [0.05, 0.1) is 0 Å². The molecule has 0 aromatic heterocycles. The fraction of sp³-hybridized carbons (Fsp3) is 0.674. The van der Waals surface area contributed by atoms with Crippen LogP contribution < -0.4 is 0 Å². The number of carbonyl (C=O) groups excluding carboxylic acids is 3. The third-order valence-corrected chi connectivity index (χ3v) is 8.57. The van der Waals surface area contributed by atoms with E-state index in [0.29, 0.717) is 12.8 Å². The van der Waals surface area contributed by atoms with Gasteiger partial charge in [0.15, 0.2) is 6.10 Å². The minimum absolute atomic E-state index is 0.0990. The van der Waals surface area contributed by atoms with E-state index in [4.69, 9.17) is 14.2 Å². The van der Waals surface area contributed by atoms with Crippen LogP contribution in [0.4, 0.5) is 0 Å². The highest BCUT2D eigenvalue weighted by molar-refractivity contribution is 5.71. The van der Waals surface area contributed by atoms with Crippen LogP contribution >= 0.6 is 0 Å². The van der Waals surface area contributed by atoms with Gasteiger partial charge in [0.1, 0.15) is 13.2 Å². The molecule has 0 bridgehead atoms. The predicted octanol–water partition coefficient (Wildman–Crippen LogP) is 13.1. The summed E-state index contributed by atoms with van der Waals surface area (Å²) in [6, 6.07) is 0. The van der Waals surface area contributed by atoms with Gasteiger partial charge >= 0.3 is 17.9 Å². The Kier molecular flexibility index (Phi) is 38.2. The summed E-state index contributed by atoms with van der Waals surface area (Å²) in [5, 5.41) is 0. The summed E-state index contributed by atoms with van der Waals surface area (Å²) in [7, 11) is 0. The molecule has 0 amide bonds. The number of esters is 3. The second kappa shape index (κ2) is 40.6. The van der Waals surface area contributed by atoms with Gasteiger partial charge in [-0.05, 0) is 57.8 Å². The van der Waals surface area contributed by atoms with Crippen LogP contribution in [0.2, 0.25) is 0 Å². The topological polar surface area (TPSA) is 78.9 Å². The van der Waals surface area contributed by atoms with Crippen LogP contribution in [0.3, 0.4) is 0 Å². The molecule has 0 aliphatic carbocycles. The van der Waals surface area contributed by atoms with Gasteiger partial charge in [0.2, 0.25) is 0 Å². The number of ether oxygens (including phenoxy) is 3. The van der Waals surface area contributed by atoms with Gasteiger partial charge in [0, 0.05) is 19.3 Å². The van der Waals surface area contributed by atoms with Gasteiger partial charge in [-0.1, -0.05) is 177 Å². The first-order valence-electron chi connectivity index (χ1n) is 21.0. The molecular formula is C46H76O6. The second-order valence-electron chi connectivity index (χ2n) is 13.6. The predicted molar refractivity (Wildman–Crippen MR) is 219 cm³/mol. The minimum atomic E-state index is -0.800. The van der Waals surface area contributed by atoms with Gasteiger partial charge in [0.25, 0.3) is 0 Å². The molecule has 0 heterocycles. The van der Waals surface area contributed by atoms with Gasteiger partial charge in [-0.2, -0.15) is 0 Å². The van der Waals surface area contributed by atoms with Crippen LogP contribution in [0.1, 0.15) is 181 Å². The SMILES string of the molecule is CC\C=C/C=C\C=C/C=C\CCCCCC(=O)OCC(COC(=O)CCCCCCCCCCCC)OC(=O)CCCCC/C=C\C=C/CCCC. The smallest absolute Gasteiger partial charge is 0.306 e. The lowest BCUT2D eigenvalue weighted by Gasteiger charge is -2.18. The first-order chi connectivity index (χ1) is 25.5. The zero-order valence-corrected chi connectivity index (χ0v) is 33.5. The molecule has 0 rings (SSSR count). The normalized spacial score (nSPS) is 12.8. The van der Waals surface area contributed by atoms with E-state index >= 15 is 0 Å². The lowest BCUT2D eigenvalue weighted by atomic mass is 10.1. The number of allylic oxidation sites excluding steroid dienone is 12. The molecule has 0 N–H and O–H groups in total. The maximum atomic E-state index is 12.6. The Morgan fingerprint density at radius 3 is 1.25 bits per heavy atom. The lowest BCUT2D eigenvalue weighted by molar-refractivity contribution is -0.167. The van der Waals surface area contributed by atoms with Gasteiger partial charge in [-0.3, -0.25) is 14.4 Å². The van der Waals surface area contributed by atoms with Crippen molar-refractivity contribution in [3.8, 4) is 0 Å². The fourth-order valence-electron chi connectivity index (χ4n) is 5.37. The number of hydrogen-bond acceptors (Lipinski definition) is 6. The highest BCUT2D eigenvalue weighted by atomic mass is 16.6. The van der Waals surface area contributed by atoms with Crippen molar-refractivity contribution in [3.05, 3.63) is 72.9 Å². The Morgan fingerprint density at radius 1 is 0.404 bits per heavy atom. The van der Waals surface area contributed by atoms with E-state index in [2.05, 4.69) is 57.2 Å². The summed E-state index contributed by atoms with van der Waals surface area (Å²) in [6.45, 7) is 6.34. The molecule has 296 valence electrons. The summed E-state index contributed by atoms with van der Waals surface area (Å²) in [5.41, 5.74) is 0. The third kappa shape index (κ3) is 38.1. The maximum absolute atomic E-state index is 12.6. The van der Waals surface area contributed by atoms with Crippen molar-refractivity contribution in [1.82, 2.24) is 0 Å². The minimum Gasteiger partial charge on any atom is -0.462 e. The van der Waals surface area contributed by atoms with Gasteiger partial charge in [-0.15, -0.1) is 0 Å². The molecule has 0 aliphatic heterocycles. The van der Waals surface area contributed by atoms with Crippen molar-refractivity contribution in [2.24, 2.45) is 0 Å². The Morgan fingerprint density at radius 2 is 0.769 bits per heavy atom. The van der Waals surface area contributed by atoms with Crippen LogP contribution in [-0.4, -0.2) is 37.2 Å². The molecular weight excluding hydrogens is 648 g/mol. The van der Waals surface area contributed by atoms with Crippen molar-refractivity contribution in [3.63, 3.8) is 0 Å². The molecule has 0 saturated heterocycles. The van der Waals surface area contributed by atoms with Crippen molar-refractivity contribution >= 4 is 17.9 Å². The van der Waals surface area contributed by atoms with E-state index in [-0.39, 0.29) is 37.5 Å². The average Bonchev–Trinajstić information content (AvgIpc) is 3.14. The molecule has 0 aliphatic rings. The molecule has 0 radical (unpaired) electrons. The molecule has 6 heteroatoms. The fourth-order valence-corrected chi connectivity index (χ4v) is 5.37. The Balaban J connectivity index is 4.50. The Hall–Kier alpha value is -3.15. The molecule has 52 heavy (non-hydrogen) atoms. The molecule has 0 aromatic carbocycles. The van der Waals surface area contributed by atoms with Crippen molar-refractivity contribution in [2.75, 3.05) is 13.2 Å². The van der Waals surface area contributed by atoms with Crippen LogP contribution in [0.5, 0.6) is 0 Å². The largest absolute Gasteiger partial charge is 0.462 e. The standard InChI is InChI=1S/C46H76O6/c1-4-7-10-13-16-19-22-23-25-27-30-33-36-39-45(48)51-42-43(41-50-44(47)38-35-32-29-26-21-18-15-12-9-6-3)52-46(49)40-37-34-31-28-24-20-17-14-11-8-5-2/h7,10,13-14,16-17,19-20,22-25,43H,4-6,8-9,11-12,15,18,21,26-42H2,1-3H3/b10-7-,16-13-,17-14-,22-19-,24-20-,25-23-. The van der Waals surface area contributed by atoms with E-state index < -0.39 is 6.10 Å². The first-order valence-corrected chi connectivity index (χ1v) is 21.0. The summed E-state index contributed by atoms with van der Waals surface area (Å²) in [6.07, 6.45) is 48.9. The zero-order chi connectivity index (χ0) is 38.0. The molecule has 0 saturated carbocycles. The van der Waals surface area contributed by atoms with E-state index in [9.17, 15) is 14.4 Å². The zero-order valence-electron chi connectivity index (χ0n) is 33.5. The molecule has 0 fully saturated rings. The highest BCUT2D eigenvalue weighted by Gasteiger charge is 2.19. The molecule has 0 aromatic rings. The van der Waals surface area contributed by atoms with Gasteiger partial charge < -0.3 is 14.2 Å². The van der Waals surface area contributed by atoms with E-state index in [1.165, 1.54) is 57.8 Å². The van der Waals surface area contributed by atoms with E-state index in [1.54, 1.807) is 0 Å². The highest BCUT2D eigenvalue weighted by Crippen LogP contribution is 2.13. The van der Waals surface area contributed by atoms with Crippen LogP contribution in [-0.2, 0) is 28.6 Å². The molecule has 1 atom stereocenters. The van der Waals surface area contributed by atoms with Crippen molar-refractivity contribution in [2.45, 2.75) is 187 Å². The lowest BCUT2D eigenvalue weighted by Crippen LogP contribution is -2.30. The first kappa shape index (κ1) is 48.9. The summed E-state index contributed by atoms with van der Waals surface area (Å²) >= 11 is 0. The quantitative estimate of drug-likeness (QED) is 0.0277. The van der Waals surface area contributed by atoms with Crippen LogP contribution in [0.15, 0.2) is 72.9 Å². The monoisotopic (exact) mass is 725 g/mol. The maximum Gasteiger partial charge on any atom is 0.306 e. The number of carbonyl (C=O) groups is 3. The Labute approximate surface area is 319 Å². The van der Waals surface area contributed by atoms with Gasteiger partial charge in [-0.25, -0.2) is 0 Å². The average molecular weight is 725 g/mol. The molecule has 0 spiro atoms. The van der Waals surface area contributed by atoms with Crippen molar-refractivity contribution in [1.29, 1.82) is 0 Å². The number of unbranched alkanes of at least 4 members (excludes halogenated alkanes) is 17. The number of rotatable bonds is 36. The molecule has 1 unspecified atom stereocenters. The van der Waals surface area contributed by atoms with Crippen molar-refractivity contribution < 1.29 is 28.6 Å². The Bertz CT molecular complexity index is 1020. The van der Waals surface area contributed by atoms with E-state index in [0.717, 1.165) is 83.5 Å². The molecule has 6 nitrogen and oxygen atoms in total. The van der Waals surface area contributed by atoms with Crippen LogP contribution in [0.25, 0.3) is 0 Å². The summed E-state index contributed by atoms with van der Waals surface area (Å²) < 4.78 is 16.6. The summed E-state index contributed by atoms with van der Waals surface area (Å²) in [4.78, 5) is 37.5. The van der Waals surface area contributed by atoms with E-state index in [1.807, 2.05) is 36.5 Å². The third-order valence-electron chi connectivity index (χ3n) is 8.57. The summed E-state index contributed by atoms with van der Waals surface area (Å²) in [5.74, 6) is -0.979. The van der Waals surface area contributed by atoms with Crippen LogP contribution in [0, 0.1) is 0 Å². The second-order valence-corrected chi connectivity index (χ2v) is 13.6.